The van der Waals surface area contributed by atoms with Gasteiger partial charge in [-0.3, -0.25) is 0 Å². The van der Waals surface area contributed by atoms with Crippen molar-refractivity contribution in [1.82, 2.24) is 29.9 Å². The van der Waals surface area contributed by atoms with Crippen LogP contribution in [0.1, 0.15) is 77.9 Å². The average Bonchev–Trinajstić information content (AvgIpc) is 2.73. The molecule has 0 saturated carbocycles. The first-order valence-electron chi connectivity index (χ1n) is 10.6. The fourth-order valence-electron chi connectivity index (χ4n) is 1.10. The van der Waals surface area contributed by atoms with Gasteiger partial charge in [-0.15, -0.1) is 0 Å². The second-order valence-corrected chi connectivity index (χ2v) is 6.18. The molecule has 0 saturated heterocycles. The van der Waals surface area contributed by atoms with E-state index in [2.05, 4.69) is 71.4 Å². The van der Waals surface area contributed by atoms with Gasteiger partial charge in [-0.1, -0.05) is 60.8 Å². The highest BCUT2D eigenvalue weighted by atomic mass is 14.8. The molecule has 0 fully saturated rings. The summed E-state index contributed by atoms with van der Waals surface area (Å²) in [5.74, 6) is 0.822. The smallest absolute Gasteiger partial charge is 0.125 e. The van der Waals surface area contributed by atoms with Crippen molar-refractivity contribution in [3.8, 4) is 0 Å². The molecule has 0 aromatic carbocycles. The van der Waals surface area contributed by atoms with Crippen molar-refractivity contribution in [2.24, 2.45) is 0 Å². The molecule has 3 heterocycles. The minimum Gasteiger partial charge on any atom is -0.245 e. The number of rotatable bonds is 0. The van der Waals surface area contributed by atoms with Crippen LogP contribution in [0, 0.1) is 20.8 Å². The number of aryl methyl sites for hydroxylation is 3. The molecule has 3 aromatic heterocycles. The van der Waals surface area contributed by atoms with E-state index in [-0.39, 0.29) is 0 Å². The Morgan fingerprint density at radius 3 is 1.27 bits per heavy atom. The van der Waals surface area contributed by atoms with E-state index in [1.54, 1.807) is 37.1 Å². The highest BCUT2D eigenvalue weighted by Gasteiger charge is 1.75. The van der Waals surface area contributed by atoms with Crippen LogP contribution in [0.3, 0.4) is 0 Å². The Balaban J connectivity index is -0.000000307. The molecule has 0 unspecified atom stereocenters. The summed E-state index contributed by atoms with van der Waals surface area (Å²) in [7, 11) is 0. The minimum absolute atomic E-state index is 0.822. The van der Waals surface area contributed by atoms with Crippen LogP contribution in [-0.2, 0) is 0 Å². The molecular formula is C24H42N6. The Morgan fingerprint density at radius 1 is 0.600 bits per heavy atom. The lowest BCUT2D eigenvalue weighted by Gasteiger charge is -1.81. The zero-order chi connectivity index (χ0) is 23.5. The fourth-order valence-corrected chi connectivity index (χ4v) is 1.10. The Hall–Kier alpha value is -2.76. The first-order chi connectivity index (χ1) is 14.4. The van der Waals surface area contributed by atoms with Crippen molar-refractivity contribution in [2.45, 2.75) is 81.6 Å². The van der Waals surface area contributed by atoms with E-state index < -0.39 is 0 Å². The summed E-state index contributed by atoms with van der Waals surface area (Å²) >= 11 is 0. The van der Waals surface area contributed by atoms with Crippen LogP contribution < -0.4 is 0 Å². The van der Waals surface area contributed by atoms with Crippen LogP contribution in [0.4, 0.5) is 0 Å². The van der Waals surface area contributed by atoms with Crippen molar-refractivity contribution in [2.75, 3.05) is 0 Å². The minimum atomic E-state index is 0.822. The van der Waals surface area contributed by atoms with Crippen LogP contribution in [0.25, 0.3) is 0 Å². The highest BCUT2D eigenvalue weighted by Crippen LogP contribution is 1.84. The number of hydrogen-bond acceptors (Lipinski definition) is 6. The van der Waals surface area contributed by atoms with E-state index in [1.807, 2.05) is 26.8 Å². The molecule has 6 nitrogen and oxygen atoms in total. The van der Waals surface area contributed by atoms with Gasteiger partial charge in [0.15, 0.2) is 0 Å². The molecule has 0 bridgehead atoms. The summed E-state index contributed by atoms with van der Waals surface area (Å²) in [4.78, 5) is 22.9. The van der Waals surface area contributed by atoms with Crippen molar-refractivity contribution >= 4 is 0 Å². The van der Waals surface area contributed by atoms with Crippen LogP contribution in [0.5, 0.6) is 0 Å². The van der Waals surface area contributed by atoms with Gasteiger partial charge >= 0.3 is 0 Å². The number of nitrogens with zero attached hydrogens (tertiary/aromatic N) is 6. The van der Waals surface area contributed by atoms with E-state index in [4.69, 9.17) is 0 Å². The molecule has 0 aliphatic rings. The van der Waals surface area contributed by atoms with E-state index in [0.29, 0.717) is 0 Å². The quantitative estimate of drug-likeness (QED) is 0.412. The van der Waals surface area contributed by atoms with Gasteiger partial charge in [0, 0.05) is 36.7 Å². The molecule has 0 N–H and O–H groups in total. The topological polar surface area (TPSA) is 77.3 Å². The normalized spacial score (nSPS) is 7.90. The molecule has 3 rings (SSSR count). The third kappa shape index (κ3) is 32.9. The van der Waals surface area contributed by atoms with E-state index in [1.165, 1.54) is 31.9 Å². The zero-order valence-electron chi connectivity index (χ0n) is 20.5. The molecule has 0 amide bonds. The predicted molar refractivity (Wildman–Crippen MR) is 128 cm³/mol. The first-order valence-corrected chi connectivity index (χ1v) is 10.6. The van der Waals surface area contributed by atoms with Crippen LogP contribution in [0.15, 0.2) is 55.8 Å². The lowest BCUT2D eigenvalue weighted by molar-refractivity contribution is 1.05. The molecule has 0 spiro atoms. The van der Waals surface area contributed by atoms with Crippen molar-refractivity contribution < 1.29 is 0 Å². The molecule has 168 valence electrons. The van der Waals surface area contributed by atoms with Crippen molar-refractivity contribution in [1.29, 1.82) is 0 Å². The molecular weight excluding hydrogens is 372 g/mol. The van der Waals surface area contributed by atoms with E-state index in [0.717, 1.165) is 17.1 Å². The summed E-state index contributed by atoms with van der Waals surface area (Å²) in [6.07, 6.45) is 15.5. The summed E-state index contributed by atoms with van der Waals surface area (Å²) < 4.78 is 0. The Labute approximate surface area is 184 Å². The summed E-state index contributed by atoms with van der Waals surface area (Å²) in [6.45, 7) is 18.5. The molecule has 30 heavy (non-hydrogen) atoms. The Morgan fingerprint density at radius 2 is 1.07 bits per heavy atom. The number of hydrogen-bond donors (Lipinski definition) is 0. The van der Waals surface area contributed by atoms with E-state index >= 15 is 0 Å². The van der Waals surface area contributed by atoms with Gasteiger partial charge in [0.05, 0.1) is 0 Å². The van der Waals surface area contributed by atoms with Gasteiger partial charge in [0.2, 0.25) is 0 Å². The maximum Gasteiger partial charge on any atom is 0.125 e. The molecule has 0 radical (unpaired) electrons. The SMILES string of the molecule is CCC.CCC.CCC.Cc1ccncn1.Cc1cncnc1.Cc1ncccn1. The fraction of sp³-hybridized carbons (Fsp3) is 0.500. The zero-order valence-corrected chi connectivity index (χ0v) is 20.5. The standard InChI is InChI=1S/3C5H6N2.3C3H8/c1-5-2-6-4-7-3-5;1-5-2-3-6-4-7-5;1-5-6-3-2-4-7-5;3*1-3-2/h3*2-4H,1H3;3*3H2,1-2H3. The van der Waals surface area contributed by atoms with Crippen LogP contribution in [0.2, 0.25) is 0 Å². The largest absolute Gasteiger partial charge is 0.245 e. The third-order valence-electron chi connectivity index (χ3n) is 2.11. The second-order valence-electron chi connectivity index (χ2n) is 6.18. The number of aromatic nitrogens is 6. The monoisotopic (exact) mass is 414 g/mol. The summed E-state index contributed by atoms with van der Waals surface area (Å²) in [5, 5.41) is 0. The maximum absolute atomic E-state index is 3.87. The molecule has 0 aliphatic heterocycles. The van der Waals surface area contributed by atoms with Gasteiger partial charge < -0.3 is 0 Å². The lowest BCUT2D eigenvalue weighted by atomic mass is 10.4. The van der Waals surface area contributed by atoms with Gasteiger partial charge in [-0.05, 0) is 38.5 Å². The molecule has 6 heteroatoms. The van der Waals surface area contributed by atoms with Crippen molar-refractivity contribution in [3.05, 3.63) is 72.9 Å². The first kappa shape index (κ1) is 31.9. The lowest BCUT2D eigenvalue weighted by Crippen LogP contribution is -1.80. The molecule has 0 atom stereocenters. The highest BCUT2D eigenvalue weighted by molar-refractivity contribution is 4.97. The van der Waals surface area contributed by atoms with Gasteiger partial charge in [-0.25, -0.2) is 29.9 Å². The molecule has 0 aliphatic carbocycles. The third-order valence-corrected chi connectivity index (χ3v) is 2.11. The average molecular weight is 415 g/mol. The van der Waals surface area contributed by atoms with Crippen molar-refractivity contribution in [3.63, 3.8) is 0 Å². The summed E-state index contributed by atoms with van der Waals surface area (Å²) in [6, 6.07) is 3.66. The Bertz CT molecular complexity index is 540. The van der Waals surface area contributed by atoms with E-state index in [9.17, 15) is 0 Å². The second kappa shape index (κ2) is 28.4. The Kier molecular flexibility index (Phi) is 30.3. The molecule has 3 aromatic rings. The van der Waals surface area contributed by atoms with Crippen LogP contribution in [-0.4, -0.2) is 29.9 Å². The maximum atomic E-state index is 3.87. The van der Waals surface area contributed by atoms with Gasteiger partial charge in [-0.2, -0.15) is 0 Å². The van der Waals surface area contributed by atoms with Gasteiger partial charge in [0.1, 0.15) is 18.5 Å². The van der Waals surface area contributed by atoms with Gasteiger partial charge in [0.25, 0.3) is 0 Å². The predicted octanol–water partition coefficient (Wildman–Crippen LogP) is 6.60. The summed E-state index contributed by atoms with van der Waals surface area (Å²) in [5.41, 5.74) is 2.11. The van der Waals surface area contributed by atoms with Crippen LogP contribution >= 0.6 is 0 Å².